The van der Waals surface area contributed by atoms with E-state index >= 15 is 0 Å². The van der Waals surface area contributed by atoms with Crippen LogP contribution in [0.15, 0.2) is 82.7 Å². The topological polar surface area (TPSA) is 92.6 Å². The molecular formula is C33H35N3O5. The summed E-state index contributed by atoms with van der Waals surface area (Å²) in [5.74, 6) is 1.61. The maximum absolute atomic E-state index is 12.6. The van der Waals surface area contributed by atoms with Crippen LogP contribution in [0, 0.1) is 10.8 Å². The summed E-state index contributed by atoms with van der Waals surface area (Å²) in [5, 5.41) is 20.8. The number of fused-ring (bicyclic) bond motifs is 3. The fourth-order valence-electron chi connectivity index (χ4n) is 7.02. The minimum atomic E-state index is -1.13. The van der Waals surface area contributed by atoms with Crippen molar-refractivity contribution < 1.29 is 24.1 Å². The van der Waals surface area contributed by atoms with Gasteiger partial charge >= 0.3 is 0 Å². The van der Waals surface area contributed by atoms with Crippen molar-refractivity contribution in [3.05, 3.63) is 94.3 Å². The lowest BCUT2D eigenvalue weighted by atomic mass is 9.52. The minimum absolute atomic E-state index is 0.298. The van der Waals surface area contributed by atoms with E-state index in [0.717, 1.165) is 16.8 Å². The number of benzene rings is 2. The molecule has 0 aromatic heterocycles. The number of hydrogen-bond acceptors (Lipinski definition) is 7. The number of ether oxygens (including phenoxy) is 3. The summed E-state index contributed by atoms with van der Waals surface area (Å²) in [6, 6.07) is 13.5. The van der Waals surface area contributed by atoms with Gasteiger partial charge in [0.15, 0.2) is 17.6 Å². The Morgan fingerprint density at radius 2 is 1.83 bits per heavy atom. The summed E-state index contributed by atoms with van der Waals surface area (Å²) >= 11 is 0. The predicted octanol–water partition coefficient (Wildman–Crippen LogP) is 4.68. The SMILES string of the molecule is CC1=CC=C2C(C)(C)C(=NN3CCOCC3)C(Oc3ccccc3)=CC23Oc2c(ccc4c2C(O)NC4=O)CC13C. The van der Waals surface area contributed by atoms with Crippen LogP contribution in [0.5, 0.6) is 11.5 Å². The molecule has 3 heterocycles. The number of hydrazone groups is 1. The number of para-hydroxylation sites is 1. The van der Waals surface area contributed by atoms with Crippen LogP contribution in [-0.2, 0) is 11.2 Å². The Labute approximate surface area is 240 Å². The van der Waals surface area contributed by atoms with Gasteiger partial charge in [-0.05, 0) is 42.7 Å². The van der Waals surface area contributed by atoms with Crippen LogP contribution in [0.1, 0.15) is 55.4 Å². The van der Waals surface area contributed by atoms with Gasteiger partial charge < -0.3 is 24.6 Å². The first-order valence-electron chi connectivity index (χ1n) is 14.3. The maximum atomic E-state index is 12.6. The van der Waals surface area contributed by atoms with Gasteiger partial charge in [0, 0.05) is 16.9 Å². The Morgan fingerprint density at radius 3 is 2.59 bits per heavy atom. The molecular weight excluding hydrogens is 518 g/mol. The van der Waals surface area contributed by atoms with Crippen molar-refractivity contribution in [2.75, 3.05) is 26.3 Å². The molecule has 1 fully saturated rings. The lowest BCUT2D eigenvalue weighted by Crippen LogP contribution is -2.62. The molecule has 2 N–H and O–H groups in total. The van der Waals surface area contributed by atoms with Crippen LogP contribution >= 0.6 is 0 Å². The Kier molecular flexibility index (Phi) is 5.76. The molecule has 8 heteroatoms. The number of aliphatic hydroxyl groups excluding tert-OH is 1. The lowest BCUT2D eigenvalue weighted by Gasteiger charge is -2.58. The van der Waals surface area contributed by atoms with Crippen molar-refractivity contribution in [2.45, 2.75) is 45.9 Å². The number of carbonyl (C=O) groups excluding carboxylic acids is 1. The second-order valence-electron chi connectivity index (χ2n) is 12.2. The summed E-state index contributed by atoms with van der Waals surface area (Å²) in [5.41, 5.74) is 2.97. The van der Waals surface area contributed by atoms with Crippen molar-refractivity contribution in [1.29, 1.82) is 0 Å². The third kappa shape index (κ3) is 3.73. The maximum Gasteiger partial charge on any atom is 0.254 e. The molecule has 2 aromatic carbocycles. The van der Waals surface area contributed by atoms with E-state index in [0.29, 0.717) is 61.1 Å². The number of nitrogens with zero attached hydrogens (tertiary/aromatic N) is 2. The van der Waals surface area contributed by atoms with E-state index in [1.165, 1.54) is 5.57 Å². The molecule has 0 saturated carbocycles. The van der Waals surface area contributed by atoms with Crippen molar-refractivity contribution >= 4 is 11.6 Å². The average molecular weight is 554 g/mol. The van der Waals surface area contributed by atoms with Crippen LogP contribution in [0.4, 0.5) is 0 Å². The molecule has 212 valence electrons. The Bertz CT molecular complexity index is 1570. The fraction of sp³-hybridized carbons (Fsp3) is 0.394. The highest BCUT2D eigenvalue weighted by Crippen LogP contribution is 2.62. The van der Waals surface area contributed by atoms with Crippen molar-refractivity contribution in [3.63, 3.8) is 0 Å². The monoisotopic (exact) mass is 553 g/mol. The largest absolute Gasteiger partial charge is 0.477 e. The molecule has 3 atom stereocenters. The van der Waals surface area contributed by atoms with Crippen molar-refractivity contribution in [3.8, 4) is 11.5 Å². The van der Waals surface area contributed by atoms with E-state index in [1.807, 2.05) is 36.4 Å². The first-order valence-corrected chi connectivity index (χ1v) is 14.3. The normalized spacial score (nSPS) is 30.5. The average Bonchev–Trinajstić information content (AvgIpc) is 3.25. The minimum Gasteiger partial charge on any atom is -0.477 e. The third-order valence-corrected chi connectivity index (χ3v) is 9.49. The number of rotatable bonds is 3. The Hall–Kier alpha value is -3.88. The first kappa shape index (κ1) is 26.0. The Balaban J connectivity index is 1.47. The van der Waals surface area contributed by atoms with E-state index < -0.39 is 22.7 Å². The molecule has 5 aliphatic rings. The summed E-state index contributed by atoms with van der Waals surface area (Å²) in [4.78, 5) is 12.6. The zero-order valence-electron chi connectivity index (χ0n) is 23.9. The van der Waals surface area contributed by atoms with Gasteiger partial charge in [-0.2, -0.15) is 5.10 Å². The second kappa shape index (κ2) is 9.06. The third-order valence-electron chi connectivity index (χ3n) is 9.49. The van der Waals surface area contributed by atoms with Crippen LogP contribution < -0.4 is 14.8 Å². The highest BCUT2D eigenvalue weighted by Gasteiger charge is 2.63. The van der Waals surface area contributed by atoms with E-state index in [9.17, 15) is 9.90 Å². The molecule has 8 nitrogen and oxygen atoms in total. The van der Waals surface area contributed by atoms with Gasteiger partial charge in [-0.25, -0.2) is 0 Å². The molecule has 0 radical (unpaired) electrons. The molecule has 3 aliphatic heterocycles. The zero-order chi connectivity index (χ0) is 28.6. The number of amides is 1. The van der Waals surface area contributed by atoms with Crippen molar-refractivity contribution in [1.82, 2.24) is 10.3 Å². The zero-order valence-corrected chi connectivity index (χ0v) is 23.9. The molecule has 1 amide bonds. The van der Waals surface area contributed by atoms with Gasteiger partial charge in [-0.15, -0.1) is 0 Å². The Morgan fingerprint density at radius 1 is 1.07 bits per heavy atom. The highest BCUT2D eigenvalue weighted by atomic mass is 16.5. The number of hydrogen-bond donors (Lipinski definition) is 2. The van der Waals surface area contributed by atoms with E-state index in [1.54, 1.807) is 6.07 Å². The second-order valence-corrected chi connectivity index (χ2v) is 12.2. The van der Waals surface area contributed by atoms with Gasteiger partial charge in [-0.1, -0.05) is 62.8 Å². The smallest absolute Gasteiger partial charge is 0.254 e. The number of carbonyl (C=O) groups is 1. The predicted molar refractivity (Wildman–Crippen MR) is 155 cm³/mol. The van der Waals surface area contributed by atoms with Gasteiger partial charge in [0.2, 0.25) is 0 Å². The number of aliphatic hydroxyl groups is 1. The standard InChI is InChI=1S/C33H35N3O5/c1-20-10-13-25-31(2,3)28(35-36-14-16-39-17-15-36)24(40-22-8-6-5-7-9-22)19-33(25)32(20,4)18-21-11-12-23-26(27(21)41-33)30(38)34-29(23)37/h5-13,19,30,38H,14-18H2,1-4H3,(H,34,37). The molecule has 1 saturated heterocycles. The van der Waals surface area contributed by atoms with Crippen molar-refractivity contribution in [2.24, 2.45) is 15.9 Å². The number of morpholine rings is 1. The summed E-state index contributed by atoms with van der Waals surface area (Å²) in [7, 11) is 0. The van der Waals surface area contributed by atoms with Gasteiger partial charge in [0.05, 0.1) is 37.4 Å². The van der Waals surface area contributed by atoms with E-state index in [4.69, 9.17) is 19.3 Å². The first-order chi connectivity index (χ1) is 19.6. The lowest BCUT2D eigenvalue weighted by molar-refractivity contribution is 0.00412. The van der Waals surface area contributed by atoms with Crippen LogP contribution in [0.25, 0.3) is 0 Å². The van der Waals surface area contributed by atoms with E-state index in [2.05, 4.69) is 56.2 Å². The molecule has 2 aromatic rings. The molecule has 1 spiro atoms. The van der Waals surface area contributed by atoms with Crippen LogP contribution in [0.3, 0.4) is 0 Å². The molecule has 3 unspecified atom stereocenters. The summed E-state index contributed by atoms with van der Waals surface area (Å²) < 4.78 is 19.4. The van der Waals surface area contributed by atoms with Crippen LogP contribution in [-0.4, -0.2) is 53.6 Å². The van der Waals surface area contributed by atoms with Gasteiger partial charge in [-0.3, -0.25) is 9.80 Å². The quantitative estimate of drug-likeness (QED) is 0.574. The number of allylic oxidation sites excluding steroid dienone is 3. The number of nitrogens with one attached hydrogen (secondary N) is 1. The summed E-state index contributed by atoms with van der Waals surface area (Å²) in [6.07, 6.45) is 5.99. The molecule has 7 rings (SSSR count). The van der Waals surface area contributed by atoms with E-state index in [-0.39, 0.29) is 5.91 Å². The van der Waals surface area contributed by atoms with Gasteiger partial charge in [0.25, 0.3) is 5.91 Å². The summed E-state index contributed by atoms with van der Waals surface area (Å²) in [6.45, 7) is 11.4. The molecule has 2 aliphatic carbocycles. The molecule has 0 bridgehead atoms. The van der Waals surface area contributed by atoms with Crippen LogP contribution in [0.2, 0.25) is 0 Å². The molecule has 41 heavy (non-hydrogen) atoms. The highest BCUT2D eigenvalue weighted by molar-refractivity contribution is 6.07. The fourth-order valence-corrected chi connectivity index (χ4v) is 7.02. The van der Waals surface area contributed by atoms with Gasteiger partial charge in [0.1, 0.15) is 17.2 Å².